The molecule has 102 valence electrons. The molecule has 1 aromatic heterocycles. The van der Waals surface area contributed by atoms with Gasteiger partial charge in [0.15, 0.2) is 0 Å². The highest BCUT2D eigenvalue weighted by molar-refractivity contribution is 5.77. The molecular formula is C11H21N5O2. The van der Waals surface area contributed by atoms with Crippen LogP contribution >= 0.6 is 0 Å². The Bertz CT molecular complexity index is 315. The fourth-order valence-corrected chi connectivity index (χ4v) is 1.43. The molecule has 0 aliphatic carbocycles. The van der Waals surface area contributed by atoms with Gasteiger partial charge in [-0.1, -0.05) is 5.21 Å². The van der Waals surface area contributed by atoms with Crippen molar-refractivity contribution < 1.29 is 9.53 Å². The Morgan fingerprint density at radius 1 is 1.39 bits per heavy atom. The molecule has 0 saturated carbocycles. The number of hydrogen-bond donors (Lipinski definition) is 2. The molecule has 0 unspecified atom stereocenters. The number of carbonyl (C=O) groups excluding carboxylic acids is 1. The molecule has 0 aliphatic rings. The first-order valence-electron chi connectivity index (χ1n) is 6.13. The quantitative estimate of drug-likeness (QED) is 0.546. The van der Waals surface area contributed by atoms with Crippen LogP contribution in [0.5, 0.6) is 0 Å². The highest BCUT2D eigenvalue weighted by Gasteiger charge is 1.99. The predicted octanol–water partition coefficient (Wildman–Crippen LogP) is -0.589. The average Bonchev–Trinajstić information content (AvgIpc) is 2.87. The normalized spacial score (nSPS) is 10.5. The topological polar surface area (TPSA) is 81.1 Å². The fraction of sp³-hybridized carbons (Fsp3) is 0.727. The summed E-state index contributed by atoms with van der Waals surface area (Å²) < 4.78 is 6.66. The van der Waals surface area contributed by atoms with Gasteiger partial charge in [0.2, 0.25) is 5.91 Å². The van der Waals surface area contributed by atoms with Crippen molar-refractivity contribution in [1.82, 2.24) is 25.6 Å². The first kappa shape index (κ1) is 14.6. The zero-order valence-electron chi connectivity index (χ0n) is 10.8. The molecular weight excluding hydrogens is 234 g/mol. The lowest BCUT2D eigenvalue weighted by Crippen LogP contribution is -2.35. The SMILES string of the molecule is COCCCNC(=O)CNCCCn1ccnn1. The zero-order valence-corrected chi connectivity index (χ0v) is 10.8. The van der Waals surface area contributed by atoms with Crippen molar-refractivity contribution in [2.45, 2.75) is 19.4 Å². The number of methoxy groups -OCH3 is 1. The van der Waals surface area contributed by atoms with E-state index in [1.54, 1.807) is 18.0 Å². The van der Waals surface area contributed by atoms with Gasteiger partial charge >= 0.3 is 0 Å². The second kappa shape index (κ2) is 9.55. The maximum Gasteiger partial charge on any atom is 0.233 e. The third kappa shape index (κ3) is 6.97. The maximum absolute atomic E-state index is 11.4. The molecule has 0 radical (unpaired) electrons. The summed E-state index contributed by atoms with van der Waals surface area (Å²) in [6.45, 7) is 3.27. The van der Waals surface area contributed by atoms with Gasteiger partial charge in [-0.3, -0.25) is 9.48 Å². The summed E-state index contributed by atoms with van der Waals surface area (Å²) in [6, 6.07) is 0. The summed E-state index contributed by atoms with van der Waals surface area (Å²) in [5, 5.41) is 13.5. The molecule has 0 bridgehead atoms. The average molecular weight is 255 g/mol. The minimum absolute atomic E-state index is 0.0202. The van der Waals surface area contributed by atoms with Gasteiger partial charge in [-0.15, -0.1) is 5.10 Å². The Morgan fingerprint density at radius 2 is 2.28 bits per heavy atom. The smallest absolute Gasteiger partial charge is 0.233 e. The number of rotatable bonds is 10. The van der Waals surface area contributed by atoms with Crippen LogP contribution in [-0.2, 0) is 16.1 Å². The minimum atomic E-state index is 0.0202. The molecule has 0 aliphatic heterocycles. The first-order chi connectivity index (χ1) is 8.83. The Hall–Kier alpha value is -1.47. The first-order valence-corrected chi connectivity index (χ1v) is 6.13. The highest BCUT2D eigenvalue weighted by atomic mass is 16.5. The number of aromatic nitrogens is 3. The minimum Gasteiger partial charge on any atom is -0.385 e. The Labute approximate surface area is 107 Å². The van der Waals surface area contributed by atoms with E-state index in [4.69, 9.17) is 4.74 Å². The Kier molecular flexibility index (Phi) is 7.74. The van der Waals surface area contributed by atoms with E-state index < -0.39 is 0 Å². The molecule has 0 atom stereocenters. The lowest BCUT2D eigenvalue weighted by molar-refractivity contribution is -0.120. The van der Waals surface area contributed by atoms with Gasteiger partial charge < -0.3 is 15.4 Å². The molecule has 1 rings (SSSR count). The lowest BCUT2D eigenvalue weighted by Gasteiger charge is -2.06. The molecule has 0 aromatic carbocycles. The number of aryl methyl sites for hydroxylation is 1. The maximum atomic E-state index is 11.4. The van der Waals surface area contributed by atoms with Crippen LogP contribution < -0.4 is 10.6 Å². The van der Waals surface area contributed by atoms with Crippen LogP contribution in [0.25, 0.3) is 0 Å². The molecule has 7 nitrogen and oxygen atoms in total. The highest BCUT2D eigenvalue weighted by Crippen LogP contribution is 1.85. The van der Waals surface area contributed by atoms with E-state index in [2.05, 4.69) is 20.9 Å². The van der Waals surface area contributed by atoms with Crippen molar-refractivity contribution in [3.63, 3.8) is 0 Å². The molecule has 0 fully saturated rings. The van der Waals surface area contributed by atoms with Crippen molar-refractivity contribution in [1.29, 1.82) is 0 Å². The Morgan fingerprint density at radius 3 is 3.00 bits per heavy atom. The largest absolute Gasteiger partial charge is 0.385 e. The lowest BCUT2D eigenvalue weighted by atomic mass is 10.4. The van der Waals surface area contributed by atoms with Gasteiger partial charge in [0.25, 0.3) is 0 Å². The van der Waals surface area contributed by atoms with Crippen LogP contribution in [0.2, 0.25) is 0 Å². The monoisotopic (exact) mass is 255 g/mol. The third-order valence-electron chi connectivity index (χ3n) is 2.35. The standard InChI is InChI=1S/C11H21N5O2/c1-18-9-3-5-13-11(17)10-12-4-2-7-16-8-6-14-15-16/h6,8,12H,2-5,7,9-10H2,1H3,(H,13,17). The van der Waals surface area contributed by atoms with Crippen LogP contribution in [0.3, 0.4) is 0 Å². The number of amides is 1. The number of nitrogens with one attached hydrogen (secondary N) is 2. The van der Waals surface area contributed by atoms with Crippen LogP contribution in [0, 0.1) is 0 Å². The van der Waals surface area contributed by atoms with Crippen LogP contribution in [0.1, 0.15) is 12.8 Å². The number of hydrogen-bond acceptors (Lipinski definition) is 5. The van der Waals surface area contributed by atoms with Crippen LogP contribution in [0.4, 0.5) is 0 Å². The van der Waals surface area contributed by atoms with E-state index >= 15 is 0 Å². The number of ether oxygens (including phenoxy) is 1. The van der Waals surface area contributed by atoms with Gasteiger partial charge in [0.05, 0.1) is 12.7 Å². The molecule has 0 saturated heterocycles. The molecule has 1 heterocycles. The van der Waals surface area contributed by atoms with Gasteiger partial charge in [-0.25, -0.2) is 0 Å². The summed E-state index contributed by atoms with van der Waals surface area (Å²) in [7, 11) is 1.65. The summed E-state index contributed by atoms with van der Waals surface area (Å²) in [5.41, 5.74) is 0. The molecule has 0 spiro atoms. The predicted molar refractivity (Wildman–Crippen MR) is 67.0 cm³/mol. The van der Waals surface area contributed by atoms with E-state index in [1.807, 2.05) is 6.20 Å². The van der Waals surface area contributed by atoms with Gasteiger partial charge in [-0.2, -0.15) is 0 Å². The van der Waals surface area contributed by atoms with Crippen molar-refractivity contribution in [2.75, 3.05) is 33.4 Å². The van der Waals surface area contributed by atoms with Crippen molar-refractivity contribution in [3.8, 4) is 0 Å². The second-order valence-corrected chi connectivity index (χ2v) is 3.89. The molecule has 1 aromatic rings. The van der Waals surface area contributed by atoms with E-state index in [-0.39, 0.29) is 5.91 Å². The van der Waals surface area contributed by atoms with Crippen molar-refractivity contribution >= 4 is 5.91 Å². The van der Waals surface area contributed by atoms with Gasteiger partial charge in [-0.05, 0) is 19.4 Å². The zero-order chi connectivity index (χ0) is 13.1. The fourth-order valence-electron chi connectivity index (χ4n) is 1.43. The van der Waals surface area contributed by atoms with E-state index in [9.17, 15) is 4.79 Å². The van der Waals surface area contributed by atoms with Gasteiger partial charge in [0.1, 0.15) is 0 Å². The molecule has 1 amide bonds. The summed E-state index contributed by atoms with van der Waals surface area (Å²) in [6.07, 6.45) is 5.23. The van der Waals surface area contributed by atoms with Crippen LogP contribution in [-0.4, -0.2) is 54.3 Å². The molecule has 7 heteroatoms. The third-order valence-corrected chi connectivity index (χ3v) is 2.35. The van der Waals surface area contributed by atoms with E-state index in [1.165, 1.54) is 0 Å². The summed E-state index contributed by atoms with van der Waals surface area (Å²) >= 11 is 0. The van der Waals surface area contributed by atoms with E-state index in [0.29, 0.717) is 19.7 Å². The van der Waals surface area contributed by atoms with Gasteiger partial charge in [0, 0.05) is 33.0 Å². The van der Waals surface area contributed by atoms with E-state index in [0.717, 1.165) is 25.9 Å². The number of carbonyl (C=O) groups is 1. The number of nitrogens with zero attached hydrogens (tertiary/aromatic N) is 3. The molecule has 2 N–H and O–H groups in total. The summed E-state index contributed by atoms with van der Waals surface area (Å²) in [5.74, 6) is 0.0202. The second-order valence-electron chi connectivity index (χ2n) is 3.89. The van der Waals surface area contributed by atoms with Crippen molar-refractivity contribution in [2.24, 2.45) is 0 Å². The summed E-state index contributed by atoms with van der Waals surface area (Å²) in [4.78, 5) is 11.4. The van der Waals surface area contributed by atoms with Crippen LogP contribution in [0.15, 0.2) is 12.4 Å². The molecule has 18 heavy (non-hydrogen) atoms. The Balaban J connectivity index is 1.89. The van der Waals surface area contributed by atoms with Crippen molar-refractivity contribution in [3.05, 3.63) is 12.4 Å².